The van der Waals surface area contributed by atoms with Gasteiger partial charge in [-0.05, 0) is 12.1 Å². The number of aromatic amines is 1. The Hall–Kier alpha value is -2.10. The molecule has 3 aromatic rings. The van der Waals surface area contributed by atoms with Crippen molar-refractivity contribution in [2.24, 2.45) is 0 Å². The number of hydrogen-bond donors (Lipinski definition) is 1. The third kappa shape index (κ3) is 1.37. The van der Waals surface area contributed by atoms with Crippen molar-refractivity contribution in [3.63, 3.8) is 0 Å². The Balaban J connectivity index is 2.54. The van der Waals surface area contributed by atoms with Crippen LogP contribution < -0.4 is 4.74 Å². The Bertz CT molecular complexity index is 718. The number of ether oxygens (including phenoxy) is 1. The van der Waals surface area contributed by atoms with Crippen LogP contribution in [0.4, 0.5) is 8.78 Å². The zero-order valence-electron chi connectivity index (χ0n) is 9.05. The van der Waals surface area contributed by atoms with E-state index in [1.54, 1.807) is 18.2 Å². The zero-order chi connectivity index (χ0) is 12.0. The van der Waals surface area contributed by atoms with E-state index in [2.05, 4.69) is 4.98 Å². The minimum absolute atomic E-state index is 0.389. The first-order valence-electron chi connectivity index (χ1n) is 5.14. The molecule has 0 fully saturated rings. The van der Waals surface area contributed by atoms with Crippen molar-refractivity contribution in [2.45, 2.75) is 0 Å². The van der Waals surface area contributed by atoms with Crippen LogP contribution in [-0.2, 0) is 0 Å². The number of aromatic nitrogens is 1. The number of halogens is 2. The molecule has 1 heterocycles. The summed E-state index contributed by atoms with van der Waals surface area (Å²) in [6, 6.07) is 7.48. The summed E-state index contributed by atoms with van der Waals surface area (Å²) in [4.78, 5) is 2.97. The van der Waals surface area contributed by atoms with E-state index >= 15 is 0 Å². The lowest BCUT2D eigenvalue weighted by atomic mass is 10.1. The van der Waals surface area contributed by atoms with Crippen LogP contribution in [0.25, 0.3) is 21.8 Å². The van der Waals surface area contributed by atoms with E-state index in [4.69, 9.17) is 4.74 Å². The SMILES string of the molecule is COc1cccc2c1[nH]c1cc(F)cc(F)c12. The number of para-hydroxylation sites is 1. The zero-order valence-corrected chi connectivity index (χ0v) is 9.05. The largest absolute Gasteiger partial charge is 0.495 e. The number of rotatable bonds is 1. The van der Waals surface area contributed by atoms with Gasteiger partial charge >= 0.3 is 0 Å². The molecule has 0 aliphatic carbocycles. The van der Waals surface area contributed by atoms with Gasteiger partial charge in [0.1, 0.15) is 17.4 Å². The van der Waals surface area contributed by atoms with E-state index < -0.39 is 11.6 Å². The van der Waals surface area contributed by atoms with E-state index in [-0.39, 0.29) is 0 Å². The standard InChI is InChI=1S/C13H9F2NO/c1-17-11-4-2-3-8-12-9(15)5-7(14)6-10(12)16-13(8)11/h2-6,16H,1H3. The van der Waals surface area contributed by atoms with Crippen molar-refractivity contribution in [2.75, 3.05) is 7.11 Å². The Morgan fingerprint density at radius 3 is 2.76 bits per heavy atom. The molecule has 4 heteroatoms. The maximum atomic E-state index is 13.7. The van der Waals surface area contributed by atoms with Crippen molar-refractivity contribution in [3.8, 4) is 5.75 Å². The van der Waals surface area contributed by atoms with Crippen molar-refractivity contribution >= 4 is 21.8 Å². The molecule has 0 amide bonds. The quantitative estimate of drug-likeness (QED) is 0.682. The molecule has 3 rings (SSSR count). The fraction of sp³-hybridized carbons (Fsp3) is 0.0769. The Morgan fingerprint density at radius 2 is 2.00 bits per heavy atom. The summed E-state index contributed by atoms with van der Waals surface area (Å²) in [5.41, 5.74) is 1.11. The summed E-state index contributed by atoms with van der Waals surface area (Å²) in [6.07, 6.45) is 0. The summed E-state index contributed by atoms with van der Waals surface area (Å²) < 4.78 is 32.0. The van der Waals surface area contributed by atoms with E-state index in [9.17, 15) is 8.78 Å². The smallest absolute Gasteiger partial charge is 0.142 e. The van der Waals surface area contributed by atoms with E-state index in [1.807, 2.05) is 0 Å². The molecule has 0 radical (unpaired) electrons. The van der Waals surface area contributed by atoms with Crippen molar-refractivity contribution in [1.29, 1.82) is 0 Å². The predicted octanol–water partition coefficient (Wildman–Crippen LogP) is 3.61. The van der Waals surface area contributed by atoms with Gasteiger partial charge in [0.15, 0.2) is 0 Å². The lowest BCUT2D eigenvalue weighted by Gasteiger charge is -2.00. The summed E-state index contributed by atoms with van der Waals surface area (Å²) in [5, 5.41) is 1.08. The molecular weight excluding hydrogens is 224 g/mol. The highest BCUT2D eigenvalue weighted by Gasteiger charge is 2.13. The van der Waals surface area contributed by atoms with E-state index in [1.165, 1.54) is 13.2 Å². The highest BCUT2D eigenvalue weighted by atomic mass is 19.1. The molecule has 2 nitrogen and oxygen atoms in total. The van der Waals surface area contributed by atoms with Gasteiger partial charge in [0.05, 0.1) is 18.1 Å². The topological polar surface area (TPSA) is 25.0 Å². The third-order valence-corrected chi connectivity index (χ3v) is 2.83. The Morgan fingerprint density at radius 1 is 1.18 bits per heavy atom. The number of H-pyrrole nitrogens is 1. The van der Waals surface area contributed by atoms with Crippen molar-refractivity contribution < 1.29 is 13.5 Å². The highest BCUT2D eigenvalue weighted by molar-refractivity contribution is 6.09. The van der Waals surface area contributed by atoms with Crippen LogP contribution in [0.5, 0.6) is 5.75 Å². The summed E-state index contributed by atoms with van der Waals surface area (Å²) in [7, 11) is 1.54. The number of benzene rings is 2. The molecular formula is C13H9F2NO. The summed E-state index contributed by atoms with van der Waals surface area (Å²) in [5.74, 6) is -0.557. The molecule has 0 saturated heterocycles. The van der Waals surface area contributed by atoms with Crippen LogP contribution in [0.1, 0.15) is 0 Å². The first kappa shape index (κ1) is 10.1. The minimum Gasteiger partial charge on any atom is -0.495 e. The minimum atomic E-state index is -0.597. The molecule has 86 valence electrons. The van der Waals surface area contributed by atoms with Gasteiger partial charge in [0, 0.05) is 16.8 Å². The maximum Gasteiger partial charge on any atom is 0.142 e. The van der Waals surface area contributed by atoms with Crippen LogP contribution in [0.2, 0.25) is 0 Å². The van der Waals surface area contributed by atoms with Gasteiger partial charge in [-0.2, -0.15) is 0 Å². The van der Waals surface area contributed by atoms with Gasteiger partial charge in [0.2, 0.25) is 0 Å². The predicted molar refractivity (Wildman–Crippen MR) is 62.3 cm³/mol. The van der Waals surface area contributed by atoms with E-state index in [0.717, 1.165) is 6.07 Å². The maximum absolute atomic E-state index is 13.7. The average Bonchev–Trinajstić information content (AvgIpc) is 2.66. The lowest BCUT2D eigenvalue weighted by Crippen LogP contribution is -1.83. The first-order chi connectivity index (χ1) is 8.20. The van der Waals surface area contributed by atoms with Crippen molar-refractivity contribution in [1.82, 2.24) is 4.98 Å². The average molecular weight is 233 g/mol. The molecule has 2 aromatic carbocycles. The van der Waals surface area contributed by atoms with Crippen LogP contribution in [0.15, 0.2) is 30.3 Å². The van der Waals surface area contributed by atoms with Gasteiger partial charge < -0.3 is 9.72 Å². The molecule has 0 bridgehead atoms. The van der Waals surface area contributed by atoms with Crippen molar-refractivity contribution in [3.05, 3.63) is 42.0 Å². The van der Waals surface area contributed by atoms with Crippen LogP contribution >= 0.6 is 0 Å². The van der Waals surface area contributed by atoms with E-state index in [0.29, 0.717) is 27.6 Å². The Kier molecular flexibility index (Phi) is 2.04. The molecule has 0 atom stereocenters. The highest BCUT2D eigenvalue weighted by Crippen LogP contribution is 2.33. The molecule has 0 spiro atoms. The second-order valence-electron chi connectivity index (χ2n) is 3.82. The molecule has 1 aromatic heterocycles. The summed E-state index contributed by atoms with van der Waals surface area (Å²) >= 11 is 0. The van der Waals surface area contributed by atoms with Gasteiger partial charge in [0.25, 0.3) is 0 Å². The van der Waals surface area contributed by atoms with Crippen LogP contribution in [0.3, 0.4) is 0 Å². The second-order valence-corrected chi connectivity index (χ2v) is 3.82. The fourth-order valence-electron chi connectivity index (χ4n) is 2.12. The molecule has 0 unspecified atom stereocenters. The molecule has 0 aliphatic heterocycles. The number of fused-ring (bicyclic) bond motifs is 3. The number of methoxy groups -OCH3 is 1. The van der Waals surface area contributed by atoms with Gasteiger partial charge in [-0.15, -0.1) is 0 Å². The van der Waals surface area contributed by atoms with Crippen LogP contribution in [0, 0.1) is 11.6 Å². The molecule has 0 aliphatic rings. The van der Waals surface area contributed by atoms with Gasteiger partial charge in [-0.25, -0.2) is 8.78 Å². The molecule has 17 heavy (non-hydrogen) atoms. The molecule has 0 saturated carbocycles. The fourth-order valence-corrected chi connectivity index (χ4v) is 2.12. The second kappa shape index (κ2) is 3.45. The molecule has 1 N–H and O–H groups in total. The third-order valence-electron chi connectivity index (χ3n) is 2.83. The summed E-state index contributed by atoms with van der Waals surface area (Å²) in [6.45, 7) is 0. The van der Waals surface area contributed by atoms with Crippen LogP contribution in [-0.4, -0.2) is 12.1 Å². The van der Waals surface area contributed by atoms with Gasteiger partial charge in [-0.3, -0.25) is 0 Å². The van der Waals surface area contributed by atoms with Gasteiger partial charge in [-0.1, -0.05) is 12.1 Å². The lowest BCUT2D eigenvalue weighted by molar-refractivity contribution is 0.419. The number of hydrogen-bond acceptors (Lipinski definition) is 1. The normalized spacial score (nSPS) is 11.2. The Labute approximate surface area is 95.8 Å². The number of nitrogens with one attached hydrogen (secondary N) is 1. The first-order valence-corrected chi connectivity index (χ1v) is 5.14. The monoisotopic (exact) mass is 233 g/mol.